The maximum Gasteiger partial charge on any atom is 0.326 e. The van der Waals surface area contributed by atoms with E-state index in [2.05, 4.69) is 30.9 Å². The van der Waals surface area contributed by atoms with Crippen LogP contribution in [0.15, 0.2) is 65.7 Å². The van der Waals surface area contributed by atoms with Crippen LogP contribution >= 0.6 is 11.6 Å². The number of aliphatic imine (C=N–C) groups is 1. The number of hydrogen-bond acceptors (Lipinski definition) is 4. The highest BCUT2D eigenvalue weighted by Crippen LogP contribution is 2.11. The van der Waals surface area contributed by atoms with Gasteiger partial charge in [0.15, 0.2) is 0 Å². The van der Waals surface area contributed by atoms with E-state index < -0.39 is 6.03 Å². The highest BCUT2D eigenvalue weighted by Gasteiger charge is 2.09. The SMILES string of the molecule is Cc1cc(C)nc(NC(=NCc2ccc(Cl)cc2)NC(=O)Nc2ccccc2)n1. The number of para-hydroxylation sites is 1. The summed E-state index contributed by atoms with van der Waals surface area (Å²) in [7, 11) is 0. The molecule has 0 unspecified atom stereocenters. The first-order valence-electron chi connectivity index (χ1n) is 8.99. The van der Waals surface area contributed by atoms with Gasteiger partial charge in [0.05, 0.1) is 6.54 Å². The Labute approximate surface area is 174 Å². The van der Waals surface area contributed by atoms with Gasteiger partial charge in [0.25, 0.3) is 0 Å². The number of aryl methyl sites for hydroxylation is 2. The van der Waals surface area contributed by atoms with Crippen molar-refractivity contribution in [2.45, 2.75) is 20.4 Å². The quantitative estimate of drug-likeness (QED) is 0.436. The molecule has 0 saturated heterocycles. The van der Waals surface area contributed by atoms with E-state index in [1.165, 1.54) is 0 Å². The molecule has 0 spiro atoms. The van der Waals surface area contributed by atoms with Crippen LogP contribution in [0.3, 0.4) is 0 Å². The number of amides is 2. The minimum Gasteiger partial charge on any atom is -0.308 e. The summed E-state index contributed by atoms with van der Waals surface area (Å²) in [4.78, 5) is 25.6. The Morgan fingerprint density at radius 1 is 0.966 bits per heavy atom. The number of urea groups is 1. The predicted molar refractivity (Wildman–Crippen MR) is 116 cm³/mol. The maximum absolute atomic E-state index is 12.4. The van der Waals surface area contributed by atoms with E-state index in [1.807, 2.05) is 50.2 Å². The number of carbonyl (C=O) groups excluding carboxylic acids is 1. The van der Waals surface area contributed by atoms with Gasteiger partial charge in [0, 0.05) is 22.1 Å². The van der Waals surface area contributed by atoms with Crippen LogP contribution in [0.4, 0.5) is 16.4 Å². The summed E-state index contributed by atoms with van der Waals surface area (Å²) in [5.41, 5.74) is 3.24. The van der Waals surface area contributed by atoms with Crippen LogP contribution in [0.2, 0.25) is 5.02 Å². The molecule has 0 aliphatic rings. The fraction of sp³-hybridized carbons (Fsp3) is 0.143. The molecule has 8 heteroatoms. The van der Waals surface area contributed by atoms with Gasteiger partial charge in [0.1, 0.15) is 0 Å². The lowest BCUT2D eigenvalue weighted by Crippen LogP contribution is -2.39. The van der Waals surface area contributed by atoms with E-state index in [0.717, 1.165) is 17.0 Å². The van der Waals surface area contributed by atoms with E-state index in [9.17, 15) is 4.79 Å². The first-order valence-corrected chi connectivity index (χ1v) is 9.37. The molecular weight excluding hydrogens is 388 g/mol. The van der Waals surface area contributed by atoms with Gasteiger partial charge >= 0.3 is 6.03 Å². The summed E-state index contributed by atoms with van der Waals surface area (Å²) >= 11 is 5.93. The molecule has 0 bridgehead atoms. The second-order valence-electron chi connectivity index (χ2n) is 6.34. The number of rotatable bonds is 4. The molecule has 29 heavy (non-hydrogen) atoms. The van der Waals surface area contributed by atoms with Gasteiger partial charge < -0.3 is 5.32 Å². The van der Waals surface area contributed by atoms with Crippen LogP contribution in [0.25, 0.3) is 0 Å². The molecule has 0 aliphatic heterocycles. The van der Waals surface area contributed by atoms with E-state index >= 15 is 0 Å². The molecule has 2 aromatic carbocycles. The van der Waals surface area contributed by atoms with Crippen LogP contribution in [0.5, 0.6) is 0 Å². The third-order valence-corrected chi connectivity index (χ3v) is 4.06. The second kappa shape index (κ2) is 9.66. The topological polar surface area (TPSA) is 91.3 Å². The normalized spacial score (nSPS) is 11.1. The highest BCUT2D eigenvalue weighted by atomic mass is 35.5. The fourth-order valence-electron chi connectivity index (χ4n) is 2.55. The van der Waals surface area contributed by atoms with Gasteiger partial charge in [0.2, 0.25) is 11.9 Å². The number of guanidine groups is 1. The predicted octanol–water partition coefficient (Wildman–Crippen LogP) is 4.54. The number of hydrogen-bond donors (Lipinski definition) is 3. The largest absolute Gasteiger partial charge is 0.326 e. The first kappa shape index (κ1) is 20.3. The smallest absolute Gasteiger partial charge is 0.308 e. The van der Waals surface area contributed by atoms with Gasteiger partial charge in [-0.05, 0) is 49.7 Å². The number of nitrogens with one attached hydrogen (secondary N) is 3. The van der Waals surface area contributed by atoms with Crippen molar-refractivity contribution in [3.63, 3.8) is 0 Å². The van der Waals surface area contributed by atoms with Crippen molar-refractivity contribution in [2.75, 3.05) is 10.6 Å². The van der Waals surface area contributed by atoms with Crippen molar-refractivity contribution in [3.8, 4) is 0 Å². The minimum absolute atomic E-state index is 0.235. The van der Waals surface area contributed by atoms with Crippen molar-refractivity contribution >= 4 is 35.2 Å². The highest BCUT2D eigenvalue weighted by molar-refractivity contribution is 6.30. The first-order chi connectivity index (χ1) is 14.0. The minimum atomic E-state index is -0.428. The Morgan fingerprint density at radius 2 is 1.62 bits per heavy atom. The summed E-state index contributed by atoms with van der Waals surface area (Å²) in [5.74, 6) is 0.593. The molecule has 0 radical (unpaired) electrons. The average Bonchev–Trinajstić information content (AvgIpc) is 2.67. The van der Waals surface area contributed by atoms with Crippen molar-refractivity contribution in [1.82, 2.24) is 15.3 Å². The Morgan fingerprint density at radius 3 is 2.28 bits per heavy atom. The zero-order valence-electron chi connectivity index (χ0n) is 16.1. The number of nitrogens with zero attached hydrogens (tertiary/aromatic N) is 3. The van der Waals surface area contributed by atoms with Gasteiger partial charge in [-0.25, -0.2) is 19.8 Å². The van der Waals surface area contributed by atoms with Gasteiger partial charge in [-0.3, -0.25) is 10.6 Å². The molecule has 1 heterocycles. The zero-order chi connectivity index (χ0) is 20.6. The number of anilines is 2. The molecule has 3 rings (SSSR count). The molecule has 7 nitrogen and oxygen atoms in total. The van der Waals surface area contributed by atoms with Crippen LogP contribution in [0.1, 0.15) is 17.0 Å². The summed E-state index contributed by atoms with van der Waals surface area (Å²) in [5, 5.41) is 9.12. The van der Waals surface area contributed by atoms with Gasteiger partial charge in [-0.2, -0.15) is 0 Å². The van der Waals surface area contributed by atoms with E-state index in [1.54, 1.807) is 24.3 Å². The molecule has 0 saturated carbocycles. The standard InChI is InChI=1S/C21H21ClN6O/c1-14-12-15(2)25-20(24-14)27-19(23-13-16-8-10-17(22)11-9-16)28-21(29)26-18-6-4-3-5-7-18/h3-12H,13H2,1-2H3,(H3,23,24,25,26,27,28,29). The van der Waals surface area contributed by atoms with E-state index in [0.29, 0.717) is 23.2 Å². The van der Waals surface area contributed by atoms with Crippen LogP contribution in [-0.2, 0) is 6.54 Å². The van der Waals surface area contributed by atoms with Crippen LogP contribution in [0, 0.1) is 13.8 Å². The summed E-state index contributed by atoms with van der Waals surface area (Å²) in [6.45, 7) is 4.09. The van der Waals surface area contributed by atoms with Crippen molar-refractivity contribution in [3.05, 3.63) is 82.6 Å². The summed E-state index contributed by atoms with van der Waals surface area (Å²) in [6.07, 6.45) is 0. The second-order valence-corrected chi connectivity index (χ2v) is 6.77. The molecule has 0 atom stereocenters. The molecule has 0 aliphatic carbocycles. The monoisotopic (exact) mass is 408 g/mol. The van der Waals surface area contributed by atoms with E-state index in [4.69, 9.17) is 11.6 Å². The fourth-order valence-corrected chi connectivity index (χ4v) is 2.68. The number of carbonyl (C=O) groups is 1. The maximum atomic E-state index is 12.4. The molecule has 148 valence electrons. The number of aromatic nitrogens is 2. The Balaban J connectivity index is 1.76. The van der Waals surface area contributed by atoms with Crippen molar-refractivity contribution < 1.29 is 4.79 Å². The molecule has 0 fully saturated rings. The van der Waals surface area contributed by atoms with Gasteiger partial charge in [-0.15, -0.1) is 0 Å². The molecule has 2 amide bonds. The van der Waals surface area contributed by atoms with Crippen molar-refractivity contribution in [1.29, 1.82) is 0 Å². The molecule has 3 N–H and O–H groups in total. The summed E-state index contributed by atoms with van der Waals surface area (Å²) in [6, 6.07) is 17.9. The van der Waals surface area contributed by atoms with Gasteiger partial charge in [-0.1, -0.05) is 41.9 Å². The molecule has 1 aromatic heterocycles. The Bertz CT molecular complexity index is 985. The van der Waals surface area contributed by atoms with Crippen LogP contribution < -0.4 is 16.0 Å². The number of halogens is 1. The lowest BCUT2D eigenvalue weighted by molar-refractivity contribution is 0.256. The third-order valence-electron chi connectivity index (χ3n) is 3.81. The Kier molecular flexibility index (Phi) is 6.76. The lowest BCUT2D eigenvalue weighted by atomic mass is 10.2. The third kappa shape index (κ3) is 6.58. The Hall–Kier alpha value is -3.45. The van der Waals surface area contributed by atoms with Crippen LogP contribution in [-0.4, -0.2) is 22.0 Å². The zero-order valence-corrected chi connectivity index (χ0v) is 16.9. The summed E-state index contributed by atoms with van der Waals surface area (Å²) < 4.78 is 0. The molecule has 3 aromatic rings. The van der Waals surface area contributed by atoms with E-state index in [-0.39, 0.29) is 5.96 Å². The molecular formula is C21H21ClN6O. The number of benzene rings is 2. The average molecular weight is 409 g/mol. The van der Waals surface area contributed by atoms with Crippen molar-refractivity contribution in [2.24, 2.45) is 4.99 Å². The lowest BCUT2D eigenvalue weighted by Gasteiger charge is -2.12.